The topological polar surface area (TPSA) is 80.7 Å². The standard InChI is InChI=1S/C14H15N3O2/c15-14(17-18)12-5-1-2-6-13(12)19-9-7-11-4-3-8-16-10-11/h1-6,8,10,18H,7,9H2,(H2,15,17). The Kier molecular flexibility index (Phi) is 4.34. The van der Waals surface area contributed by atoms with Crippen LogP contribution in [0.5, 0.6) is 5.75 Å². The van der Waals surface area contributed by atoms with Crippen LogP contribution in [0.15, 0.2) is 53.9 Å². The fourth-order valence-corrected chi connectivity index (χ4v) is 1.68. The van der Waals surface area contributed by atoms with Gasteiger partial charge in [-0.05, 0) is 23.8 Å². The Labute approximate surface area is 111 Å². The Hall–Kier alpha value is -2.56. The zero-order chi connectivity index (χ0) is 13.5. The number of amidine groups is 1. The highest BCUT2D eigenvalue weighted by atomic mass is 16.5. The molecule has 0 atom stereocenters. The van der Waals surface area contributed by atoms with Gasteiger partial charge in [-0.2, -0.15) is 0 Å². The van der Waals surface area contributed by atoms with Crippen molar-refractivity contribution in [2.75, 3.05) is 6.61 Å². The van der Waals surface area contributed by atoms with Gasteiger partial charge in [0.15, 0.2) is 5.84 Å². The molecular weight excluding hydrogens is 242 g/mol. The summed E-state index contributed by atoms with van der Waals surface area (Å²) in [7, 11) is 0. The molecule has 5 nitrogen and oxygen atoms in total. The molecule has 5 heteroatoms. The molecular formula is C14H15N3O2. The quantitative estimate of drug-likeness (QED) is 0.370. The molecule has 98 valence electrons. The molecule has 2 rings (SSSR count). The van der Waals surface area contributed by atoms with Crippen molar-refractivity contribution in [1.82, 2.24) is 4.98 Å². The molecule has 3 N–H and O–H groups in total. The van der Waals surface area contributed by atoms with E-state index in [4.69, 9.17) is 15.7 Å². The predicted octanol–water partition coefficient (Wildman–Crippen LogP) is 1.80. The maximum Gasteiger partial charge on any atom is 0.173 e. The van der Waals surface area contributed by atoms with Crippen molar-refractivity contribution in [3.63, 3.8) is 0 Å². The molecule has 0 unspecified atom stereocenters. The average molecular weight is 257 g/mol. The van der Waals surface area contributed by atoms with Gasteiger partial charge in [0.1, 0.15) is 5.75 Å². The monoisotopic (exact) mass is 257 g/mol. The van der Waals surface area contributed by atoms with E-state index >= 15 is 0 Å². The minimum absolute atomic E-state index is 0.0389. The lowest BCUT2D eigenvalue weighted by Gasteiger charge is -2.10. The highest BCUT2D eigenvalue weighted by Crippen LogP contribution is 2.17. The first-order chi connectivity index (χ1) is 9.31. The summed E-state index contributed by atoms with van der Waals surface area (Å²) in [6, 6.07) is 11.1. The average Bonchev–Trinajstić information content (AvgIpc) is 2.48. The summed E-state index contributed by atoms with van der Waals surface area (Å²) < 4.78 is 5.66. The summed E-state index contributed by atoms with van der Waals surface area (Å²) in [6.07, 6.45) is 4.29. The lowest BCUT2D eigenvalue weighted by Crippen LogP contribution is -2.15. The van der Waals surface area contributed by atoms with Crippen molar-refractivity contribution >= 4 is 5.84 Å². The van der Waals surface area contributed by atoms with Crippen LogP contribution in [0.4, 0.5) is 0 Å². The second kappa shape index (κ2) is 6.39. The van der Waals surface area contributed by atoms with Gasteiger partial charge in [0.05, 0.1) is 12.2 Å². The third-order valence-electron chi connectivity index (χ3n) is 2.64. The minimum atomic E-state index is 0.0389. The van der Waals surface area contributed by atoms with Crippen LogP contribution in [0.2, 0.25) is 0 Å². The summed E-state index contributed by atoms with van der Waals surface area (Å²) >= 11 is 0. The molecule has 1 heterocycles. The summed E-state index contributed by atoms with van der Waals surface area (Å²) in [6.45, 7) is 0.501. The molecule has 19 heavy (non-hydrogen) atoms. The number of para-hydroxylation sites is 1. The van der Waals surface area contributed by atoms with E-state index in [1.807, 2.05) is 18.2 Å². The second-order valence-corrected chi connectivity index (χ2v) is 3.94. The SMILES string of the molecule is NC(=NO)c1ccccc1OCCc1cccnc1. The van der Waals surface area contributed by atoms with Gasteiger partial charge < -0.3 is 15.7 Å². The van der Waals surface area contributed by atoms with Crippen LogP contribution in [-0.4, -0.2) is 22.6 Å². The first kappa shape index (κ1) is 12.9. The summed E-state index contributed by atoms with van der Waals surface area (Å²) in [5, 5.41) is 11.7. The molecule has 0 bridgehead atoms. The number of benzene rings is 1. The Morgan fingerprint density at radius 1 is 1.26 bits per heavy atom. The van der Waals surface area contributed by atoms with Gasteiger partial charge in [-0.25, -0.2) is 0 Å². The van der Waals surface area contributed by atoms with Gasteiger partial charge in [0.25, 0.3) is 0 Å². The third kappa shape index (κ3) is 3.45. The van der Waals surface area contributed by atoms with Gasteiger partial charge in [-0.15, -0.1) is 0 Å². The number of ether oxygens (including phenoxy) is 1. The van der Waals surface area contributed by atoms with E-state index in [2.05, 4.69) is 10.1 Å². The Balaban J connectivity index is 2.00. The first-order valence-corrected chi connectivity index (χ1v) is 5.90. The number of nitrogens with two attached hydrogens (primary N) is 1. The fraction of sp³-hybridized carbons (Fsp3) is 0.143. The maximum atomic E-state index is 8.72. The molecule has 0 radical (unpaired) electrons. The molecule has 0 fully saturated rings. The van der Waals surface area contributed by atoms with Gasteiger partial charge in [0.2, 0.25) is 0 Å². The molecule has 0 saturated carbocycles. The van der Waals surface area contributed by atoms with E-state index in [0.29, 0.717) is 17.9 Å². The van der Waals surface area contributed by atoms with Gasteiger partial charge in [-0.3, -0.25) is 4.98 Å². The van der Waals surface area contributed by atoms with E-state index in [1.165, 1.54) is 0 Å². The van der Waals surface area contributed by atoms with Crippen LogP contribution in [0.3, 0.4) is 0 Å². The molecule has 0 aliphatic rings. The lowest BCUT2D eigenvalue weighted by molar-refractivity contribution is 0.313. The van der Waals surface area contributed by atoms with E-state index in [0.717, 1.165) is 12.0 Å². The van der Waals surface area contributed by atoms with Crippen molar-refractivity contribution in [2.45, 2.75) is 6.42 Å². The number of hydrogen-bond acceptors (Lipinski definition) is 4. The zero-order valence-electron chi connectivity index (χ0n) is 10.4. The lowest BCUT2D eigenvalue weighted by atomic mass is 10.2. The fourth-order valence-electron chi connectivity index (χ4n) is 1.68. The summed E-state index contributed by atoms with van der Waals surface area (Å²) in [4.78, 5) is 4.04. The molecule has 2 aromatic rings. The number of aromatic nitrogens is 1. The first-order valence-electron chi connectivity index (χ1n) is 5.90. The number of rotatable bonds is 5. The molecule has 0 aliphatic carbocycles. The molecule has 1 aromatic heterocycles. The van der Waals surface area contributed by atoms with Crippen LogP contribution in [0.1, 0.15) is 11.1 Å². The van der Waals surface area contributed by atoms with Crippen LogP contribution in [-0.2, 0) is 6.42 Å². The minimum Gasteiger partial charge on any atom is -0.492 e. The zero-order valence-corrected chi connectivity index (χ0v) is 10.4. The van der Waals surface area contributed by atoms with Crippen molar-refractivity contribution in [2.24, 2.45) is 10.9 Å². The van der Waals surface area contributed by atoms with E-state index in [1.54, 1.807) is 30.6 Å². The Morgan fingerprint density at radius 2 is 2.11 bits per heavy atom. The number of nitrogens with zero attached hydrogens (tertiary/aromatic N) is 2. The van der Waals surface area contributed by atoms with Crippen LogP contribution in [0.25, 0.3) is 0 Å². The van der Waals surface area contributed by atoms with E-state index in [9.17, 15) is 0 Å². The van der Waals surface area contributed by atoms with Crippen LogP contribution >= 0.6 is 0 Å². The highest BCUT2D eigenvalue weighted by Gasteiger charge is 2.07. The molecule has 0 aliphatic heterocycles. The number of pyridine rings is 1. The van der Waals surface area contributed by atoms with E-state index < -0.39 is 0 Å². The Bertz CT molecular complexity index is 556. The molecule has 0 amide bonds. The Morgan fingerprint density at radius 3 is 2.84 bits per heavy atom. The molecule has 0 spiro atoms. The smallest absolute Gasteiger partial charge is 0.173 e. The van der Waals surface area contributed by atoms with Gasteiger partial charge >= 0.3 is 0 Å². The van der Waals surface area contributed by atoms with Crippen LogP contribution < -0.4 is 10.5 Å². The van der Waals surface area contributed by atoms with Gasteiger partial charge in [0, 0.05) is 18.8 Å². The third-order valence-corrected chi connectivity index (χ3v) is 2.64. The van der Waals surface area contributed by atoms with Crippen molar-refractivity contribution in [1.29, 1.82) is 0 Å². The molecule has 0 saturated heterocycles. The van der Waals surface area contributed by atoms with E-state index in [-0.39, 0.29) is 5.84 Å². The van der Waals surface area contributed by atoms with Crippen LogP contribution in [0, 0.1) is 0 Å². The number of oxime groups is 1. The molecule has 1 aromatic carbocycles. The normalized spacial score (nSPS) is 11.3. The second-order valence-electron chi connectivity index (χ2n) is 3.94. The van der Waals surface area contributed by atoms with Crippen molar-refractivity contribution < 1.29 is 9.94 Å². The highest BCUT2D eigenvalue weighted by molar-refractivity contribution is 5.99. The number of hydrogen-bond donors (Lipinski definition) is 2. The van der Waals surface area contributed by atoms with Crippen molar-refractivity contribution in [3.8, 4) is 5.75 Å². The predicted molar refractivity (Wildman–Crippen MR) is 72.4 cm³/mol. The largest absolute Gasteiger partial charge is 0.492 e. The van der Waals surface area contributed by atoms with Crippen molar-refractivity contribution in [3.05, 3.63) is 59.9 Å². The van der Waals surface area contributed by atoms with Gasteiger partial charge in [-0.1, -0.05) is 23.4 Å². The maximum absolute atomic E-state index is 8.72. The summed E-state index contributed by atoms with van der Waals surface area (Å²) in [5.74, 6) is 0.638. The summed E-state index contributed by atoms with van der Waals surface area (Å²) in [5.41, 5.74) is 7.27.